The van der Waals surface area contributed by atoms with Crippen LogP contribution in [-0.2, 0) is 16.1 Å². The minimum absolute atomic E-state index is 0.0938. The van der Waals surface area contributed by atoms with Crippen LogP contribution in [-0.4, -0.2) is 16.7 Å². The standard InChI is InChI=1S/C26H22Cl2N2O2/c1-15-8-10-20(16(2)12-15)23-24(29-22-11-9-19(27)13-17(22)3)26(32)30(25(23)31)14-18-6-4-5-7-21(18)28/h4-13,29H,14H2,1-3H3. The molecule has 4 nitrogen and oxygen atoms in total. The zero-order valence-corrected chi connectivity index (χ0v) is 19.5. The largest absolute Gasteiger partial charge is 0.350 e. The maximum absolute atomic E-state index is 13.6. The van der Waals surface area contributed by atoms with Crippen LogP contribution in [0.2, 0.25) is 10.0 Å². The Morgan fingerprint density at radius 3 is 2.28 bits per heavy atom. The van der Waals surface area contributed by atoms with Gasteiger partial charge >= 0.3 is 0 Å². The van der Waals surface area contributed by atoms with Gasteiger partial charge in [-0.05, 0) is 67.3 Å². The molecule has 0 unspecified atom stereocenters. The van der Waals surface area contributed by atoms with E-state index in [4.69, 9.17) is 23.2 Å². The number of imide groups is 1. The van der Waals surface area contributed by atoms with Gasteiger partial charge in [-0.25, -0.2) is 0 Å². The predicted molar refractivity (Wildman–Crippen MR) is 130 cm³/mol. The maximum Gasteiger partial charge on any atom is 0.278 e. The molecule has 0 spiro atoms. The van der Waals surface area contributed by atoms with E-state index in [9.17, 15) is 9.59 Å². The molecule has 0 saturated carbocycles. The molecule has 6 heteroatoms. The third-order valence-electron chi connectivity index (χ3n) is 5.55. The molecule has 0 saturated heterocycles. The molecule has 2 amide bonds. The monoisotopic (exact) mass is 464 g/mol. The van der Waals surface area contributed by atoms with E-state index in [0.29, 0.717) is 26.9 Å². The smallest absolute Gasteiger partial charge is 0.278 e. The summed E-state index contributed by atoms with van der Waals surface area (Å²) in [6.45, 7) is 5.92. The normalized spacial score (nSPS) is 13.8. The molecule has 1 heterocycles. The van der Waals surface area contributed by atoms with Crippen LogP contribution in [0, 0.1) is 20.8 Å². The molecule has 1 aliphatic heterocycles. The summed E-state index contributed by atoms with van der Waals surface area (Å²) in [6.07, 6.45) is 0. The van der Waals surface area contributed by atoms with Gasteiger partial charge in [0.05, 0.1) is 12.1 Å². The highest BCUT2D eigenvalue weighted by atomic mass is 35.5. The van der Waals surface area contributed by atoms with Gasteiger partial charge < -0.3 is 5.32 Å². The molecule has 0 radical (unpaired) electrons. The molecule has 0 aromatic heterocycles. The Kier molecular flexibility index (Phi) is 6.09. The molecule has 162 valence electrons. The zero-order valence-electron chi connectivity index (χ0n) is 18.0. The Bertz CT molecular complexity index is 1280. The fraction of sp³-hybridized carbons (Fsp3) is 0.154. The van der Waals surface area contributed by atoms with Gasteiger partial charge in [-0.15, -0.1) is 0 Å². The lowest BCUT2D eigenvalue weighted by molar-refractivity contribution is -0.137. The van der Waals surface area contributed by atoms with E-state index in [2.05, 4.69) is 5.32 Å². The van der Waals surface area contributed by atoms with Gasteiger partial charge in [-0.3, -0.25) is 14.5 Å². The Hall–Kier alpha value is -3.08. The fourth-order valence-corrected chi connectivity index (χ4v) is 4.30. The number of benzene rings is 3. The van der Waals surface area contributed by atoms with Crippen molar-refractivity contribution in [2.45, 2.75) is 27.3 Å². The van der Waals surface area contributed by atoms with Crippen LogP contribution in [0.25, 0.3) is 5.57 Å². The average Bonchev–Trinajstić information content (AvgIpc) is 2.96. The van der Waals surface area contributed by atoms with E-state index in [1.54, 1.807) is 18.2 Å². The summed E-state index contributed by atoms with van der Waals surface area (Å²) >= 11 is 12.4. The number of hydrogen-bond acceptors (Lipinski definition) is 3. The van der Waals surface area contributed by atoms with Gasteiger partial charge in [0.25, 0.3) is 11.8 Å². The van der Waals surface area contributed by atoms with Crippen molar-refractivity contribution < 1.29 is 9.59 Å². The number of carbonyl (C=O) groups excluding carboxylic acids is 2. The first kappa shape index (κ1) is 22.1. The lowest BCUT2D eigenvalue weighted by Crippen LogP contribution is -2.32. The molecule has 4 rings (SSSR count). The van der Waals surface area contributed by atoms with Crippen LogP contribution in [0.3, 0.4) is 0 Å². The second kappa shape index (κ2) is 8.81. The Morgan fingerprint density at radius 2 is 1.59 bits per heavy atom. The Morgan fingerprint density at radius 1 is 0.844 bits per heavy atom. The van der Waals surface area contributed by atoms with E-state index >= 15 is 0 Å². The number of carbonyl (C=O) groups is 2. The van der Waals surface area contributed by atoms with Gasteiger partial charge in [-0.1, -0.05) is 65.2 Å². The lowest BCUT2D eigenvalue weighted by Gasteiger charge is -2.16. The van der Waals surface area contributed by atoms with E-state index in [-0.39, 0.29) is 24.1 Å². The molecule has 1 N–H and O–H groups in total. The first-order valence-corrected chi connectivity index (χ1v) is 11.0. The number of nitrogens with zero attached hydrogens (tertiary/aromatic N) is 1. The molecule has 32 heavy (non-hydrogen) atoms. The van der Waals surface area contributed by atoms with E-state index in [1.807, 2.05) is 63.2 Å². The SMILES string of the molecule is Cc1ccc(C2=C(Nc3ccc(Cl)cc3C)C(=O)N(Cc3ccccc3Cl)C2=O)c(C)c1. The van der Waals surface area contributed by atoms with Crippen molar-refractivity contribution in [3.63, 3.8) is 0 Å². The first-order valence-electron chi connectivity index (χ1n) is 10.2. The second-order valence-corrected chi connectivity index (χ2v) is 8.78. The topological polar surface area (TPSA) is 49.4 Å². The summed E-state index contributed by atoms with van der Waals surface area (Å²) < 4.78 is 0. The van der Waals surface area contributed by atoms with Crippen LogP contribution >= 0.6 is 23.2 Å². The number of nitrogens with one attached hydrogen (secondary N) is 1. The minimum atomic E-state index is -0.390. The van der Waals surface area contributed by atoms with E-state index < -0.39 is 0 Å². The second-order valence-electron chi connectivity index (χ2n) is 7.94. The maximum atomic E-state index is 13.6. The first-order chi connectivity index (χ1) is 15.3. The molecule has 0 aliphatic carbocycles. The van der Waals surface area contributed by atoms with Crippen molar-refractivity contribution in [1.82, 2.24) is 4.90 Å². The van der Waals surface area contributed by atoms with E-state index in [1.165, 1.54) is 4.90 Å². The van der Waals surface area contributed by atoms with Crippen LogP contribution in [0.15, 0.2) is 66.4 Å². The van der Waals surface area contributed by atoms with Crippen molar-refractivity contribution in [3.8, 4) is 0 Å². The van der Waals surface area contributed by atoms with Crippen LogP contribution in [0.1, 0.15) is 27.8 Å². The van der Waals surface area contributed by atoms with Crippen LogP contribution in [0.5, 0.6) is 0 Å². The highest BCUT2D eigenvalue weighted by molar-refractivity contribution is 6.37. The molecular formula is C26H22Cl2N2O2. The number of anilines is 1. The van der Waals surface area contributed by atoms with Gasteiger partial charge in [0, 0.05) is 15.7 Å². The molecule has 1 aliphatic rings. The summed E-state index contributed by atoms with van der Waals surface area (Å²) in [7, 11) is 0. The third kappa shape index (κ3) is 4.16. The van der Waals surface area contributed by atoms with Gasteiger partial charge in [0.2, 0.25) is 0 Å². The predicted octanol–water partition coefficient (Wildman–Crippen LogP) is 6.31. The molecule has 3 aromatic rings. The number of rotatable bonds is 5. The fourth-order valence-electron chi connectivity index (χ4n) is 3.88. The molecule has 0 bridgehead atoms. The highest BCUT2D eigenvalue weighted by Crippen LogP contribution is 2.35. The molecule has 3 aromatic carbocycles. The van der Waals surface area contributed by atoms with Crippen molar-refractivity contribution in [2.24, 2.45) is 0 Å². The number of hydrogen-bond donors (Lipinski definition) is 1. The minimum Gasteiger partial charge on any atom is -0.350 e. The summed E-state index contributed by atoms with van der Waals surface area (Å²) in [5.74, 6) is -0.741. The molecule has 0 fully saturated rings. The number of amides is 2. The lowest BCUT2D eigenvalue weighted by atomic mass is 9.97. The summed E-state index contributed by atoms with van der Waals surface area (Å²) in [5.41, 5.74) is 5.63. The average molecular weight is 465 g/mol. The van der Waals surface area contributed by atoms with Gasteiger partial charge in [0.1, 0.15) is 5.70 Å². The Labute approximate surface area is 197 Å². The summed E-state index contributed by atoms with van der Waals surface area (Å²) in [4.78, 5) is 28.3. The summed E-state index contributed by atoms with van der Waals surface area (Å²) in [6, 6.07) is 18.4. The quantitative estimate of drug-likeness (QED) is 0.449. The highest BCUT2D eigenvalue weighted by Gasteiger charge is 2.40. The number of aryl methyl sites for hydroxylation is 3. The van der Waals surface area contributed by atoms with Gasteiger partial charge in [-0.2, -0.15) is 0 Å². The Balaban J connectivity index is 1.81. The van der Waals surface area contributed by atoms with Crippen molar-refractivity contribution in [1.29, 1.82) is 0 Å². The van der Waals surface area contributed by atoms with Crippen molar-refractivity contribution >= 4 is 46.3 Å². The van der Waals surface area contributed by atoms with Crippen LogP contribution in [0.4, 0.5) is 5.69 Å². The number of halogens is 2. The van der Waals surface area contributed by atoms with Gasteiger partial charge in [0.15, 0.2) is 0 Å². The molecule has 0 atom stereocenters. The van der Waals surface area contributed by atoms with Crippen molar-refractivity contribution in [2.75, 3.05) is 5.32 Å². The molecular weight excluding hydrogens is 443 g/mol. The van der Waals surface area contributed by atoms with E-state index in [0.717, 1.165) is 22.3 Å². The third-order valence-corrected chi connectivity index (χ3v) is 6.16. The van der Waals surface area contributed by atoms with Crippen molar-refractivity contribution in [3.05, 3.63) is 104 Å². The summed E-state index contributed by atoms with van der Waals surface area (Å²) in [5, 5.41) is 4.33. The van der Waals surface area contributed by atoms with Crippen LogP contribution < -0.4 is 5.32 Å². The zero-order chi connectivity index (χ0) is 23.0.